The van der Waals surface area contributed by atoms with Gasteiger partial charge in [-0.15, -0.1) is 0 Å². The second-order valence-corrected chi connectivity index (χ2v) is 4.31. The topological polar surface area (TPSA) is 60.7 Å². The Morgan fingerprint density at radius 2 is 1.85 bits per heavy atom. The number of aliphatic hydroxyl groups is 3. The second kappa shape index (κ2) is 6.65. The highest BCUT2D eigenvalue weighted by atomic mass is 32.2. The molecule has 80 valence electrons. The number of hydrogen-bond donors (Lipinski definition) is 3. The van der Waals surface area contributed by atoms with E-state index in [-0.39, 0.29) is 6.61 Å². The fourth-order valence-corrected chi connectivity index (χ4v) is 2.18. The number of thioether (sulfide) groups is 1. The van der Waals surface area contributed by atoms with Gasteiger partial charge in [0.05, 0.1) is 18.3 Å². The first kappa shape index (κ1) is 13.2. The summed E-state index contributed by atoms with van der Waals surface area (Å²) in [6, 6.07) is 0. The number of rotatable bonds is 7. The molecule has 0 bridgehead atoms. The van der Waals surface area contributed by atoms with Crippen molar-refractivity contribution in [2.45, 2.75) is 38.4 Å². The molecule has 0 saturated carbocycles. The van der Waals surface area contributed by atoms with E-state index < -0.39 is 11.7 Å². The lowest BCUT2D eigenvalue weighted by Crippen LogP contribution is -2.30. The summed E-state index contributed by atoms with van der Waals surface area (Å²) in [6.45, 7) is 3.70. The average Bonchev–Trinajstić information content (AvgIpc) is 2.17. The molecule has 3 nitrogen and oxygen atoms in total. The van der Waals surface area contributed by atoms with Crippen LogP contribution in [0.15, 0.2) is 0 Å². The first-order valence-electron chi connectivity index (χ1n) is 4.67. The molecule has 4 heteroatoms. The molecule has 0 aromatic rings. The molecule has 0 aromatic heterocycles. The van der Waals surface area contributed by atoms with Gasteiger partial charge in [-0.2, -0.15) is 11.8 Å². The Bertz CT molecular complexity index is 126. The Kier molecular flexibility index (Phi) is 6.77. The standard InChI is InChI=1S/C9H20O3S/c1-3-9(12,4-2)7-13-6-8(11)5-10/h8,10-12H,3-7H2,1-2H3. The molecule has 0 aliphatic carbocycles. The maximum Gasteiger partial charge on any atom is 0.0861 e. The van der Waals surface area contributed by atoms with E-state index in [2.05, 4.69) is 0 Å². The fraction of sp³-hybridized carbons (Fsp3) is 1.00. The van der Waals surface area contributed by atoms with Gasteiger partial charge < -0.3 is 15.3 Å². The quantitative estimate of drug-likeness (QED) is 0.574. The van der Waals surface area contributed by atoms with Crippen LogP contribution in [-0.2, 0) is 0 Å². The normalized spacial score (nSPS) is 14.5. The third-order valence-electron chi connectivity index (χ3n) is 2.21. The molecular weight excluding hydrogens is 188 g/mol. The van der Waals surface area contributed by atoms with Gasteiger partial charge >= 0.3 is 0 Å². The monoisotopic (exact) mass is 208 g/mol. The third kappa shape index (κ3) is 5.52. The van der Waals surface area contributed by atoms with Crippen molar-refractivity contribution >= 4 is 11.8 Å². The van der Waals surface area contributed by atoms with E-state index in [0.717, 1.165) is 12.8 Å². The minimum atomic E-state index is -0.664. The van der Waals surface area contributed by atoms with Gasteiger partial charge in [0.1, 0.15) is 0 Å². The molecule has 0 heterocycles. The van der Waals surface area contributed by atoms with Crippen LogP contribution >= 0.6 is 11.8 Å². The highest BCUT2D eigenvalue weighted by Gasteiger charge is 2.22. The molecule has 1 unspecified atom stereocenters. The van der Waals surface area contributed by atoms with E-state index in [1.807, 2.05) is 13.8 Å². The molecule has 0 rings (SSSR count). The van der Waals surface area contributed by atoms with E-state index >= 15 is 0 Å². The zero-order chi connectivity index (χ0) is 10.3. The molecule has 0 spiro atoms. The second-order valence-electron chi connectivity index (χ2n) is 3.28. The van der Waals surface area contributed by atoms with Crippen molar-refractivity contribution < 1.29 is 15.3 Å². The lowest BCUT2D eigenvalue weighted by molar-refractivity contribution is 0.0568. The Hall–Kier alpha value is 0.230. The van der Waals surface area contributed by atoms with Crippen LogP contribution in [0.4, 0.5) is 0 Å². The summed E-state index contributed by atoms with van der Waals surface area (Å²) in [4.78, 5) is 0. The zero-order valence-electron chi connectivity index (χ0n) is 8.36. The van der Waals surface area contributed by atoms with Crippen molar-refractivity contribution in [1.29, 1.82) is 0 Å². The van der Waals surface area contributed by atoms with Crippen molar-refractivity contribution in [3.63, 3.8) is 0 Å². The smallest absolute Gasteiger partial charge is 0.0861 e. The predicted octanol–water partition coefficient (Wildman–Crippen LogP) is 0.624. The summed E-state index contributed by atoms with van der Waals surface area (Å²) in [7, 11) is 0. The van der Waals surface area contributed by atoms with Crippen LogP contribution in [0.5, 0.6) is 0 Å². The molecule has 13 heavy (non-hydrogen) atoms. The summed E-state index contributed by atoms with van der Waals surface area (Å²) in [5.74, 6) is 1.11. The highest BCUT2D eigenvalue weighted by molar-refractivity contribution is 7.99. The van der Waals surface area contributed by atoms with E-state index in [9.17, 15) is 5.11 Å². The first-order chi connectivity index (χ1) is 6.08. The summed E-state index contributed by atoms with van der Waals surface area (Å²) in [6.07, 6.45) is 0.792. The fourth-order valence-electron chi connectivity index (χ4n) is 0.892. The molecule has 0 amide bonds. The van der Waals surface area contributed by atoms with Crippen LogP contribution in [0.1, 0.15) is 26.7 Å². The van der Waals surface area contributed by atoms with Crippen molar-refractivity contribution in [1.82, 2.24) is 0 Å². The molecule has 1 atom stereocenters. The summed E-state index contributed by atoms with van der Waals surface area (Å²) in [5.41, 5.74) is -0.611. The molecule has 0 saturated heterocycles. The van der Waals surface area contributed by atoms with Crippen molar-refractivity contribution in [3.8, 4) is 0 Å². The van der Waals surface area contributed by atoms with E-state index in [0.29, 0.717) is 11.5 Å². The zero-order valence-corrected chi connectivity index (χ0v) is 9.18. The minimum absolute atomic E-state index is 0.205. The lowest BCUT2D eigenvalue weighted by Gasteiger charge is -2.24. The average molecular weight is 208 g/mol. The van der Waals surface area contributed by atoms with Gasteiger partial charge in [0.2, 0.25) is 0 Å². The molecular formula is C9H20O3S. The van der Waals surface area contributed by atoms with Crippen LogP contribution < -0.4 is 0 Å². The van der Waals surface area contributed by atoms with Crippen LogP contribution in [0.3, 0.4) is 0 Å². The molecule has 0 aromatic carbocycles. The Morgan fingerprint density at radius 1 is 1.31 bits per heavy atom. The third-order valence-corrected chi connectivity index (χ3v) is 3.57. The summed E-state index contributed by atoms with van der Waals surface area (Å²) >= 11 is 1.48. The molecule has 0 radical (unpaired) electrons. The van der Waals surface area contributed by atoms with Crippen LogP contribution in [0.25, 0.3) is 0 Å². The SMILES string of the molecule is CCC(O)(CC)CSCC(O)CO. The van der Waals surface area contributed by atoms with Gasteiger partial charge in [-0.05, 0) is 12.8 Å². The van der Waals surface area contributed by atoms with Gasteiger partial charge in [0, 0.05) is 11.5 Å². The largest absolute Gasteiger partial charge is 0.394 e. The van der Waals surface area contributed by atoms with Gasteiger partial charge in [-0.3, -0.25) is 0 Å². The maximum absolute atomic E-state index is 9.85. The van der Waals surface area contributed by atoms with Crippen LogP contribution in [0, 0.1) is 0 Å². The minimum Gasteiger partial charge on any atom is -0.394 e. The van der Waals surface area contributed by atoms with Crippen molar-refractivity contribution in [3.05, 3.63) is 0 Å². The van der Waals surface area contributed by atoms with Gasteiger partial charge in [0.15, 0.2) is 0 Å². The van der Waals surface area contributed by atoms with Crippen LogP contribution in [0.2, 0.25) is 0 Å². The molecule has 0 aliphatic heterocycles. The van der Waals surface area contributed by atoms with E-state index in [4.69, 9.17) is 10.2 Å². The van der Waals surface area contributed by atoms with E-state index in [1.165, 1.54) is 11.8 Å². The highest BCUT2D eigenvalue weighted by Crippen LogP contribution is 2.21. The lowest BCUT2D eigenvalue weighted by atomic mass is 10.0. The summed E-state index contributed by atoms with van der Waals surface area (Å²) < 4.78 is 0. The number of aliphatic hydroxyl groups excluding tert-OH is 2. The molecule has 0 fully saturated rings. The van der Waals surface area contributed by atoms with Crippen molar-refractivity contribution in [2.75, 3.05) is 18.1 Å². The first-order valence-corrected chi connectivity index (χ1v) is 5.82. The summed E-state index contributed by atoms with van der Waals surface area (Å²) in [5, 5.41) is 27.4. The van der Waals surface area contributed by atoms with E-state index in [1.54, 1.807) is 0 Å². The van der Waals surface area contributed by atoms with Crippen molar-refractivity contribution in [2.24, 2.45) is 0 Å². The van der Waals surface area contributed by atoms with Gasteiger partial charge in [0.25, 0.3) is 0 Å². The molecule has 3 N–H and O–H groups in total. The van der Waals surface area contributed by atoms with Crippen LogP contribution in [-0.4, -0.2) is 45.1 Å². The Balaban J connectivity index is 3.61. The van der Waals surface area contributed by atoms with Gasteiger partial charge in [-0.1, -0.05) is 13.8 Å². The Labute approximate surface area is 84.2 Å². The molecule has 0 aliphatic rings. The maximum atomic E-state index is 9.85. The van der Waals surface area contributed by atoms with Gasteiger partial charge in [-0.25, -0.2) is 0 Å². The Morgan fingerprint density at radius 3 is 2.23 bits per heavy atom. The number of hydrogen-bond acceptors (Lipinski definition) is 4. The predicted molar refractivity (Wildman–Crippen MR) is 55.9 cm³/mol.